The van der Waals surface area contributed by atoms with Crippen LogP contribution in [0.5, 0.6) is 11.5 Å². The summed E-state index contributed by atoms with van der Waals surface area (Å²) in [6.07, 6.45) is 0.103. The number of methoxy groups -OCH3 is 2. The molecule has 110 valence electrons. The second kappa shape index (κ2) is 6.74. The van der Waals surface area contributed by atoms with E-state index in [9.17, 15) is 9.18 Å². The summed E-state index contributed by atoms with van der Waals surface area (Å²) in [5.41, 5.74) is 1.21. The maximum absolute atomic E-state index is 13.1. The third-order valence-corrected chi connectivity index (χ3v) is 2.92. The van der Waals surface area contributed by atoms with Gasteiger partial charge in [0.25, 0.3) is 0 Å². The van der Waals surface area contributed by atoms with Crippen LogP contribution in [0.1, 0.15) is 5.56 Å². The number of hydrogen-bond acceptors (Lipinski definition) is 3. The van der Waals surface area contributed by atoms with Crippen LogP contribution in [0.2, 0.25) is 0 Å². The minimum absolute atomic E-state index is 0.103. The first-order valence-electron chi connectivity index (χ1n) is 6.38. The van der Waals surface area contributed by atoms with E-state index in [1.165, 1.54) is 19.2 Å². The van der Waals surface area contributed by atoms with Crippen LogP contribution in [0.4, 0.5) is 10.1 Å². The fourth-order valence-corrected chi connectivity index (χ4v) is 1.95. The van der Waals surface area contributed by atoms with Crippen LogP contribution in [0.15, 0.2) is 42.5 Å². The molecule has 0 aliphatic carbocycles. The summed E-state index contributed by atoms with van der Waals surface area (Å²) >= 11 is 0. The fourth-order valence-electron chi connectivity index (χ4n) is 1.95. The Morgan fingerprint density at radius 3 is 2.52 bits per heavy atom. The largest absolute Gasteiger partial charge is 0.493 e. The number of carbonyl (C=O) groups is 1. The highest BCUT2D eigenvalue weighted by molar-refractivity contribution is 5.92. The molecule has 0 saturated heterocycles. The van der Waals surface area contributed by atoms with Gasteiger partial charge in [-0.2, -0.15) is 0 Å². The molecule has 0 atom stereocenters. The van der Waals surface area contributed by atoms with Crippen LogP contribution < -0.4 is 14.8 Å². The van der Waals surface area contributed by atoms with Crippen molar-refractivity contribution in [2.24, 2.45) is 0 Å². The first-order chi connectivity index (χ1) is 10.1. The molecule has 2 aromatic carbocycles. The second-order valence-corrected chi connectivity index (χ2v) is 4.42. The van der Waals surface area contributed by atoms with Crippen LogP contribution in [-0.2, 0) is 11.2 Å². The van der Waals surface area contributed by atoms with Gasteiger partial charge in [0.2, 0.25) is 5.91 Å². The number of amides is 1. The molecule has 2 rings (SSSR count). The third-order valence-electron chi connectivity index (χ3n) is 2.92. The molecule has 5 heteroatoms. The van der Waals surface area contributed by atoms with E-state index in [0.29, 0.717) is 22.7 Å². The molecule has 4 nitrogen and oxygen atoms in total. The Hall–Kier alpha value is -2.56. The Bertz CT molecular complexity index is 643. The summed E-state index contributed by atoms with van der Waals surface area (Å²) < 4.78 is 23.4. The van der Waals surface area contributed by atoms with Crippen molar-refractivity contribution < 1.29 is 18.7 Å². The van der Waals surface area contributed by atoms with Gasteiger partial charge in [-0.3, -0.25) is 4.79 Å². The van der Waals surface area contributed by atoms with Crippen molar-refractivity contribution >= 4 is 11.6 Å². The average molecular weight is 289 g/mol. The van der Waals surface area contributed by atoms with Gasteiger partial charge in [0.05, 0.1) is 20.6 Å². The molecule has 0 bridgehead atoms. The zero-order chi connectivity index (χ0) is 15.2. The second-order valence-electron chi connectivity index (χ2n) is 4.42. The van der Waals surface area contributed by atoms with Crippen molar-refractivity contribution in [3.8, 4) is 11.5 Å². The highest BCUT2D eigenvalue weighted by Crippen LogP contribution is 2.29. The number of rotatable bonds is 5. The van der Waals surface area contributed by atoms with E-state index in [2.05, 4.69) is 5.32 Å². The Balaban J connectivity index is 2.06. The number of halogens is 1. The molecule has 1 amide bonds. The standard InChI is InChI=1S/C16H16FNO3/c1-20-14-7-6-13(10-15(14)21-2)18-16(19)9-11-4-3-5-12(17)8-11/h3-8,10H,9H2,1-2H3,(H,18,19). The third kappa shape index (κ3) is 3.95. The van der Waals surface area contributed by atoms with E-state index in [0.717, 1.165) is 0 Å². The lowest BCUT2D eigenvalue weighted by Gasteiger charge is -2.10. The summed E-state index contributed by atoms with van der Waals surface area (Å²) in [4.78, 5) is 11.9. The SMILES string of the molecule is COc1ccc(NC(=O)Cc2cccc(F)c2)cc1OC. The molecular formula is C16H16FNO3. The quantitative estimate of drug-likeness (QED) is 0.920. The maximum atomic E-state index is 13.1. The summed E-state index contributed by atoms with van der Waals surface area (Å²) in [6, 6.07) is 11.1. The van der Waals surface area contributed by atoms with Crippen LogP contribution in [0.3, 0.4) is 0 Å². The molecule has 0 spiro atoms. The lowest BCUT2D eigenvalue weighted by Crippen LogP contribution is -2.14. The first kappa shape index (κ1) is 14.8. The predicted molar refractivity (Wildman–Crippen MR) is 78.3 cm³/mol. The lowest BCUT2D eigenvalue weighted by atomic mass is 10.1. The molecule has 0 fully saturated rings. The number of ether oxygens (including phenoxy) is 2. The van der Waals surface area contributed by atoms with Crippen LogP contribution >= 0.6 is 0 Å². The predicted octanol–water partition coefficient (Wildman–Crippen LogP) is 3.02. The van der Waals surface area contributed by atoms with Gasteiger partial charge in [-0.1, -0.05) is 12.1 Å². The molecule has 0 saturated carbocycles. The molecule has 0 heterocycles. The number of hydrogen-bond donors (Lipinski definition) is 1. The van der Waals surface area contributed by atoms with Gasteiger partial charge in [-0.25, -0.2) is 4.39 Å². The summed E-state index contributed by atoms with van der Waals surface area (Å²) in [5.74, 6) is 0.529. The number of anilines is 1. The van der Waals surface area contributed by atoms with Crippen LogP contribution in [0, 0.1) is 5.82 Å². The molecule has 1 N–H and O–H groups in total. The topological polar surface area (TPSA) is 47.6 Å². The highest BCUT2D eigenvalue weighted by atomic mass is 19.1. The van der Waals surface area contributed by atoms with Gasteiger partial charge in [0, 0.05) is 11.8 Å². The Morgan fingerprint density at radius 2 is 1.86 bits per heavy atom. The molecule has 0 radical (unpaired) electrons. The van der Waals surface area contributed by atoms with Gasteiger partial charge >= 0.3 is 0 Å². The minimum atomic E-state index is -0.355. The average Bonchev–Trinajstić information content (AvgIpc) is 2.47. The first-order valence-corrected chi connectivity index (χ1v) is 6.38. The Morgan fingerprint density at radius 1 is 1.10 bits per heavy atom. The Labute approximate surface area is 122 Å². The van der Waals surface area contributed by atoms with Gasteiger partial charge in [0.15, 0.2) is 11.5 Å². The Kier molecular flexibility index (Phi) is 4.77. The van der Waals surface area contributed by atoms with Gasteiger partial charge < -0.3 is 14.8 Å². The van der Waals surface area contributed by atoms with E-state index in [-0.39, 0.29) is 18.1 Å². The van der Waals surface area contributed by atoms with E-state index in [4.69, 9.17) is 9.47 Å². The van der Waals surface area contributed by atoms with Crippen molar-refractivity contribution in [1.29, 1.82) is 0 Å². The zero-order valence-corrected chi connectivity index (χ0v) is 11.9. The minimum Gasteiger partial charge on any atom is -0.493 e. The smallest absolute Gasteiger partial charge is 0.228 e. The monoisotopic (exact) mass is 289 g/mol. The summed E-state index contributed by atoms with van der Waals surface area (Å²) in [7, 11) is 3.07. The maximum Gasteiger partial charge on any atom is 0.228 e. The van der Waals surface area contributed by atoms with Crippen molar-refractivity contribution in [2.45, 2.75) is 6.42 Å². The molecule has 21 heavy (non-hydrogen) atoms. The molecule has 0 aliphatic rings. The van der Waals surface area contributed by atoms with Gasteiger partial charge in [-0.05, 0) is 29.8 Å². The van der Waals surface area contributed by atoms with Crippen molar-refractivity contribution in [2.75, 3.05) is 19.5 Å². The van der Waals surface area contributed by atoms with Gasteiger partial charge in [-0.15, -0.1) is 0 Å². The molecule has 2 aromatic rings. The lowest BCUT2D eigenvalue weighted by molar-refractivity contribution is -0.115. The van der Waals surface area contributed by atoms with Crippen molar-refractivity contribution in [3.63, 3.8) is 0 Å². The van der Waals surface area contributed by atoms with Crippen molar-refractivity contribution in [3.05, 3.63) is 53.8 Å². The van der Waals surface area contributed by atoms with Crippen LogP contribution in [0.25, 0.3) is 0 Å². The normalized spacial score (nSPS) is 10.0. The van der Waals surface area contributed by atoms with Crippen LogP contribution in [-0.4, -0.2) is 20.1 Å². The highest BCUT2D eigenvalue weighted by Gasteiger charge is 2.08. The van der Waals surface area contributed by atoms with Crippen molar-refractivity contribution in [1.82, 2.24) is 0 Å². The van der Waals surface area contributed by atoms with E-state index >= 15 is 0 Å². The van der Waals surface area contributed by atoms with E-state index < -0.39 is 0 Å². The van der Waals surface area contributed by atoms with E-state index in [1.807, 2.05) is 0 Å². The van der Waals surface area contributed by atoms with E-state index in [1.54, 1.807) is 37.4 Å². The zero-order valence-electron chi connectivity index (χ0n) is 11.9. The molecule has 0 aliphatic heterocycles. The number of nitrogens with one attached hydrogen (secondary N) is 1. The molecular weight excluding hydrogens is 273 g/mol. The molecule has 0 aromatic heterocycles. The van der Waals surface area contributed by atoms with Gasteiger partial charge in [0.1, 0.15) is 5.82 Å². The number of carbonyl (C=O) groups excluding carboxylic acids is 1. The summed E-state index contributed by atoms with van der Waals surface area (Å²) in [5, 5.41) is 2.74. The fraction of sp³-hybridized carbons (Fsp3) is 0.188. The summed E-state index contributed by atoms with van der Waals surface area (Å²) in [6.45, 7) is 0. The number of benzene rings is 2. The molecule has 0 unspecified atom stereocenters.